The number of hydrogen-bond donors (Lipinski definition) is 1. The molecule has 2 unspecified atom stereocenters. The molecule has 0 radical (unpaired) electrons. The van der Waals surface area contributed by atoms with Crippen LogP contribution in [0.3, 0.4) is 0 Å². The van der Waals surface area contributed by atoms with E-state index in [1.54, 1.807) is 7.11 Å². The van der Waals surface area contributed by atoms with E-state index < -0.39 is 0 Å². The summed E-state index contributed by atoms with van der Waals surface area (Å²) < 4.78 is 6.46. The smallest absolute Gasteiger partial charge is 0.0714 e. The molecule has 1 fully saturated rings. The minimum absolute atomic E-state index is 0.360. The Morgan fingerprint density at radius 2 is 2.36 bits per heavy atom. The van der Waals surface area contributed by atoms with Crippen molar-refractivity contribution in [2.24, 2.45) is 0 Å². The zero-order valence-corrected chi connectivity index (χ0v) is 9.75. The summed E-state index contributed by atoms with van der Waals surface area (Å²) in [5.41, 5.74) is 1.33. The van der Waals surface area contributed by atoms with Crippen molar-refractivity contribution in [2.75, 3.05) is 13.7 Å². The van der Waals surface area contributed by atoms with E-state index in [1.165, 1.54) is 5.56 Å². The van der Waals surface area contributed by atoms with Gasteiger partial charge in [0.2, 0.25) is 0 Å². The van der Waals surface area contributed by atoms with E-state index in [-0.39, 0.29) is 0 Å². The molecule has 1 aliphatic heterocycles. The molecule has 0 spiro atoms. The Morgan fingerprint density at radius 1 is 1.50 bits per heavy atom. The number of halogens is 1. The highest BCUT2D eigenvalue weighted by Crippen LogP contribution is 2.26. The molecule has 3 heteroatoms. The first-order valence-electron chi connectivity index (χ1n) is 4.81. The van der Waals surface area contributed by atoms with E-state index in [0.717, 1.165) is 17.4 Å². The molecule has 1 N–H and O–H groups in total. The summed E-state index contributed by atoms with van der Waals surface area (Å²) in [5, 5.41) is 3.46. The second-order valence-electron chi connectivity index (χ2n) is 3.61. The average molecular weight is 256 g/mol. The first-order valence-corrected chi connectivity index (χ1v) is 5.60. The summed E-state index contributed by atoms with van der Waals surface area (Å²) in [6, 6.07) is 8.88. The predicted octanol–water partition coefficient (Wildman–Crippen LogP) is 2.50. The van der Waals surface area contributed by atoms with Gasteiger partial charge in [-0.3, -0.25) is 0 Å². The Hall–Kier alpha value is -0.380. The molecule has 1 aromatic rings. The van der Waals surface area contributed by atoms with Gasteiger partial charge in [-0.2, -0.15) is 0 Å². The monoisotopic (exact) mass is 255 g/mol. The topological polar surface area (TPSA) is 21.3 Å². The van der Waals surface area contributed by atoms with Crippen LogP contribution in [0.2, 0.25) is 0 Å². The van der Waals surface area contributed by atoms with Crippen molar-refractivity contribution < 1.29 is 4.74 Å². The molecule has 2 rings (SSSR count). The third-order valence-corrected chi connectivity index (χ3v) is 3.17. The molecule has 1 aliphatic rings. The van der Waals surface area contributed by atoms with Crippen LogP contribution in [0.4, 0.5) is 0 Å². The van der Waals surface area contributed by atoms with E-state index in [2.05, 4.69) is 39.4 Å². The van der Waals surface area contributed by atoms with Gasteiger partial charge in [0, 0.05) is 24.2 Å². The average Bonchev–Trinajstić information content (AvgIpc) is 2.66. The number of methoxy groups -OCH3 is 1. The number of nitrogens with one attached hydrogen (secondary N) is 1. The lowest BCUT2D eigenvalue weighted by Gasteiger charge is -2.10. The molecule has 0 aliphatic carbocycles. The molecule has 0 bridgehead atoms. The van der Waals surface area contributed by atoms with E-state index >= 15 is 0 Å². The number of rotatable bonds is 2. The van der Waals surface area contributed by atoms with E-state index in [9.17, 15) is 0 Å². The van der Waals surface area contributed by atoms with Crippen molar-refractivity contribution in [3.63, 3.8) is 0 Å². The molecule has 1 aromatic carbocycles. The second-order valence-corrected chi connectivity index (χ2v) is 4.52. The van der Waals surface area contributed by atoms with Crippen LogP contribution < -0.4 is 5.32 Å². The normalized spacial score (nSPS) is 26.7. The molecule has 2 nitrogen and oxygen atoms in total. The third kappa shape index (κ3) is 2.16. The fourth-order valence-corrected chi connectivity index (χ4v) is 2.28. The first-order chi connectivity index (χ1) is 6.79. The second kappa shape index (κ2) is 4.43. The predicted molar refractivity (Wildman–Crippen MR) is 60.3 cm³/mol. The minimum Gasteiger partial charge on any atom is -0.380 e. The number of ether oxygens (including phenoxy) is 1. The molecule has 2 atom stereocenters. The molecular weight excluding hydrogens is 242 g/mol. The van der Waals surface area contributed by atoms with Gasteiger partial charge in [0.1, 0.15) is 0 Å². The lowest BCUT2D eigenvalue weighted by molar-refractivity contribution is 0.117. The van der Waals surface area contributed by atoms with Crippen LogP contribution in [0.1, 0.15) is 18.0 Å². The summed E-state index contributed by atoms with van der Waals surface area (Å²) in [6.07, 6.45) is 1.42. The third-order valence-electron chi connectivity index (χ3n) is 2.67. The van der Waals surface area contributed by atoms with Crippen molar-refractivity contribution in [3.8, 4) is 0 Å². The molecule has 1 saturated heterocycles. The van der Waals surface area contributed by atoms with Gasteiger partial charge >= 0.3 is 0 Å². The Balaban J connectivity index is 2.09. The van der Waals surface area contributed by atoms with E-state index in [0.29, 0.717) is 12.1 Å². The zero-order valence-electron chi connectivity index (χ0n) is 8.16. The maximum atomic E-state index is 5.32. The fourth-order valence-electron chi connectivity index (χ4n) is 1.86. The van der Waals surface area contributed by atoms with Gasteiger partial charge in [-0.25, -0.2) is 0 Å². The van der Waals surface area contributed by atoms with E-state index in [4.69, 9.17) is 4.74 Å². The molecule has 0 saturated carbocycles. The number of benzene rings is 1. The van der Waals surface area contributed by atoms with Crippen LogP contribution >= 0.6 is 15.9 Å². The lowest BCUT2D eigenvalue weighted by atomic mass is 10.1. The maximum Gasteiger partial charge on any atom is 0.0714 e. The van der Waals surface area contributed by atoms with Gasteiger partial charge in [0.25, 0.3) is 0 Å². The quantitative estimate of drug-likeness (QED) is 0.877. The summed E-state index contributed by atoms with van der Waals surface area (Å²) in [5.74, 6) is 0. The Labute approximate surface area is 92.8 Å². The molecule has 0 amide bonds. The van der Waals surface area contributed by atoms with Crippen LogP contribution in [0.25, 0.3) is 0 Å². The van der Waals surface area contributed by atoms with E-state index in [1.807, 2.05) is 6.07 Å². The van der Waals surface area contributed by atoms with Crippen molar-refractivity contribution >= 4 is 15.9 Å². The highest BCUT2D eigenvalue weighted by atomic mass is 79.9. The molecular formula is C11H14BrNO. The van der Waals surface area contributed by atoms with Crippen LogP contribution in [0, 0.1) is 0 Å². The van der Waals surface area contributed by atoms with Gasteiger partial charge in [0.05, 0.1) is 6.10 Å². The van der Waals surface area contributed by atoms with Crippen LogP contribution in [0.15, 0.2) is 28.7 Å². The lowest BCUT2D eigenvalue weighted by Crippen LogP contribution is -2.16. The first kappa shape index (κ1) is 10.1. The van der Waals surface area contributed by atoms with Gasteiger partial charge in [0.15, 0.2) is 0 Å². The van der Waals surface area contributed by atoms with Gasteiger partial charge in [-0.1, -0.05) is 28.1 Å². The molecule has 76 valence electrons. The van der Waals surface area contributed by atoms with Crippen molar-refractivity contribution in [1.82, 2.24) is 5.32 Å². The molecule has 1 heterocycles. The van der Waals surface area contributed by atoms with Crippen LogP contribution in [-0.2, 0) is 4.74 Å². The highest BCUT2D eigenvalue weighted by molar-refractivity contribution is 9.10. The zero-order chi connectivity index (χ0) is 9.97. The summed E-state index contributed by atoms with van der Waals surface area (Å²) in [4.78, 5) is 0. The van der Waals surface area contributed by atoms with Gasteiger partial charge in [-0.15, -0.1) is 0 Å². The maximum absolute atomic E-state index is 5.32. The number of hydrogen-bond acceptors (Lipinski definition) is 2. The minimum atomic E-state index is 0.360. The van der Waals surface area contributed by atoms with Gasteiger partial charge in [-0.05, 0) is 24.1 Å². The summed E-state index contributed by atoms with van der Waals surface area (Å²) >= 11 is 3.48. The standard InChI is InChI=1S/C11H14BrNO/c1-14-10-6-11(13-7-10)8-3-2-4-9(12)5-8/h2-5,10-11,13H,6-7H2,1H3. The van der Waals surface area contributed by atoms with Crippen molar-refractivity contribution in [3.05, 3.63) is 34.3 Å². The fraction of sp³-hybridized carbons (Fsp3) is 0.455. The Morgan fingerprint density at radius 3 is 3.00 bits per heavy atom. The van der Waals surface area contributed by atoms with Gasteiger partial charge < -0.3 is 10.1 Å². The van der Waals surface area contributed by atoms with Crippen molar-refractivity contribution in [2.45, 2.75) is 18.6 Å². The largest absolute Gasteiger partial charge is 0.380 e. The summed E-state index contributed by atoms with van der Waals surface area (Å²) in [6.45, 7) is 0.952. The van der Waals surface area contributed by atoms with Crippen LogP contribution in [-0.4, -0.2) is 19.8 Å². The summed E-state index contributed by atoms with van der Waals surface area (Å²) in [7, 11) is 1.77. The van der Waals surface area contributed by atoms with Crippen LogP contribution in [0.5, 0.6) is 0 Å². The molecule has 14 heavy (non-hydrogen) atoms. The molecule has 0 aromatic heterocycles. The Kier molecular flexibility index (Phi) is 3.21. The highest BCUT2D eigenvalue weighted by Gasteiger charge is 2.24. The SMILES string of the molecule is COC1CNC(c2cccc(Br)c2)C1. The van der Waals surface area contributed by atoms with Crippen molar-refractivity contribution in [1.29, 1.82) is 0 Å². The Bertz CT molecular complexity index is 316.